The molecule has 0 saturated carbocycles. The molecule has 0 atom stereocenters. The van der Waals surface area contributed by atoms with Crippen LogP contribution in [0.5, 0.6) is 0 Å². The molecule has 0 amide bonds. The Labute approximate surface area is 86.3 Å². The smallest absolute Gasteiger partial charge is 1.00 e. The van der Waals surface area contributed by atoms with E-state index in [2.05, 4.69) is 0 Å². The Morgan fingerprint density at radius 1 is 0.600 bits per heavy atom. The van der Waals surface area contributed by atoms with Crippen molar-refractivity contribution in [3.05, 3.63) is 7.43 Å². The van der Waals surface area contributed by atoms with E-state index in [4.69, 9.17) is 0 Å². The normalized spacial score (nSPS) is 0. The zero-order valence-electron chi connectivity index (χ0n) is 3.17. The van der Waals surface area contributed by atoms with Gasteiger partial charge < -0.3 is 41.4 Å². The van der Waals surface area contributed by atoms with E-state index < -0.39 is 0 Å². The average Bonchev–Trinajstić information content (AvgIpc) is 0. The van der Waals surface area contributed by atoms with Crippen LogP contribution in [0.15, 0.2) is 0 Å². The third-order valence-corrected chi connectivity index (χ3v) is 0. The van der Waals surface area contributed by atoms with Gasteiger partial charge in [-0.15, -0.1) is 0 Å². The Hall–Kier alpha value is 2.49. The summed E-state index contributed by atoms with van der Waals surface area (Å²) in [6, 6.07) is 0. The predicted molar refractivity (Wildman–Crippen MR) is 17.9 cm³/mol. The fraction of sp³-hybridized carbons (Fsp3) is 0. The molecule has 0 heterocycles. The van der Waals surface area contributed by atoms with Crippen molar-refractivity contribution in [3.63, 3.8) is 0 Å². The van der Waals surface area contributed by atoms with Crippen LogP contribution in [0.4, 0.5) is 0 Å². The van der Waals surface area contributed by atoms with Crippen molar-refractivity contribution in [2.75, 3.05) is 0 Å². The van der Waals surface area contributed by atoms with Crippen molar-refractivity contribution < 1.29 is 34.0 Å². The largest absolute Gasteiger partial charge is 2.00 e. The van der Waals surface area contributed by atoms with Crippen molar-refractivity contribution >= 4 is 46.1 Å². The van der Waals surface area contributed by atoms with Gasteiger partial charge >= 0.3 is 46.1 Å². The average molecular weight is 223 g/mol. The first-order valence-corrected chi connectivity index (χ1v) is 0. The van der Waals surface area contributed by atoms with E-state index in [0.717, 1.165) is 0 Å². The van der Waals surface area contributed by atoms with Gasteiger partial charge in [-0.1, -0.05) is 0 Å². The summed E-state index contributed by atoms with van der Waals surface area (Å²) in [5.74, 6) is 0. The van der Waals surface area contributed by atoms with E-state index in [1.54, 1.807) is 0 Å². The molecule has 0 fully saturated rings. The second kappa shape index (κ2) is 31.5. The predicted octanol–water partition coefficient (Wildman–Crippen LogP) is -6.30. The van der Waals surface area contributed by atoms with Gasteiger partial charge in [-0.05, 0) is 0 Å². The van der Waals surface area contributed by atoms with Gasteiger partial charge in [-0.3, -0.25) is 0 Å². The van der Waals surface area contributed by atoms with Gasteiger partial charge in [-0.2, -0.15) is 0 Å². The van der Waals surface area contributed by atoms with Crippen LogP contribution < -0.4 is 34.0 Å². The molecule has 0 aromatic rings. The Morgan fingerprint density at radius 2 is 0.600 bits per heavy atom. The molecule has 0 unspecified atom stereocenters. The molecule has 0 radical (unpaired) electrons. The monoisotopic (exact) mass is 221 g/mol. The fourth-order valence-corrected chi connectivity index (χ4v) is 0. The van der Waals surface area contributed by atoms with Gasteiger partial charge in [0.25, 0.3) is 0 Å². The maximum Gasteiger partial charge on any atom is 2.00 e. The third-order valence-electron chi connectivity index (χ3n) is 0. The van der Waals surface area contributed by atoms with E-state index in [0.29, 0.717) is 0 Å². The summed E-state index contributed by atoms with van der Waals surface area (Å²) in [5.41, 5.74) is 0. The van der Waals surface area contributed by atoms with Crippen LogP contribution in [0, 0.1) is 7.43 Å². The molecule has 0 spiro atoms. The van der Waals surface area contributed by atoms with Crippen LogP contribution in [-0.4, -0.2) is 46.1 Å². The maximum absolute atomic E-state index is 0. The van der Waals surface area contributed by atoms with Gasteiger partial charge in [0.1, 0.15) is 0 Å². The molecular weight excluding hydrogens is 220 g/mol. The van der Waals surface area contributed by atoms with E-state index in [-0.39, 0.29) is 87.5 Å². The molecule has 5 heavy (non-hydrogen) atoms. The third kappa shape index (κ3) is 21.1. The number of hydrogen-bond donors (Lipinski definition) is 0. The molecule has 0 aromatic carbocycles. The van der Waals surface area contributed by atoms with Gasteiger partial charge in [0.05, 0.1) is 0 Å². The van der Waals surface area contributed by atoms with Crippen molar-refractivity contribution in [3.8, 4) is 0 Å². The van der Waals surface area contributed by atoms with Crippen LogP contribution in [0.25, 0.3) is 0 Å². The maximum atomic E-state index is 0. The molecule has 0 rings (SSSR count). The van der Waals surface area contributed by atoms with Crippen LogP contribution >= 0.6 is 0 Å². The van der Waals surface area contributed by atoms with Gasteiger partial charge in [0, 0.05) is 0 Å². The van der Waals surface area contributed by atoms with E-state index >= 15 is 0 Å². The SMILES string of the molecule is [Br-].[Br-].[CH3-].[Mg+2].[Mg+2]. The van der Waals surface area contributed by atoms with Crippen molar-refractivity contribution in [2.24, 2.45) is 0 Å². The number of rotatable bonds is 0. The summed E-state index contributed by atoms with van der Waals surface area (Å²) in [7, 11) is 0. The molecule has 0 aliphatic rings. The van der Waals surface area contributed by atoms with Crippen LogP contribution in [0.1, 0.15) is 0 Å². The molecule has 0 N–H and O–H groups in total. The van der Waals surface area contributed by atoms with Crippen molar-refractivity contribution in [1.29, 1.82) is 0 Å². The van der Waals surface area contributed by atoms with Gasteiger partial charge in [-0.25, -0.2) is 0 Å². The standard InChI is InChI=1S/CH3.2BrH.2Mg/h1H3;2*1H;;/q-1;;;2*+2/p-2. The molecule has 0 saturated heterocycles. The van der Waals surface area contributed by atoms with E-state index in [1.165, 1.54) is 0 Å². The van der Waals surface area contributed by atoms with Gasteiger partial charge in [0.2, 0.25) is 0 Å². The Morgan fingerprint density at radius 3 is 0.600 bits per heavy atom. The summed E-state index contributed by atoms with van der Waals surface area (Å²) in [4.78, 5) is 0. The van der Waals surface area contributed by atoms with Crippen LogP contribution in [0.3, 0.4) is 0 Å². The molecular formula is CH3Br2Mg2+. The zero-order valence-corrected chi connectivity index (χ0v) is 9.17. The minimum Gasteiger partial charge on any atom is -1.00 e. The molecule has 0 aliphatic carbocycles. The summed E-state index contributed by atoms with van der Waals surface area (Å²) in [6.45, 7) is 0. The van der Waals surface area contributed by atoms with Crippen molar-refractivity contribution in [1.82, 2.24) is 0 Å². The summed E-state index contributed by atoms with van der Waals surface area (Å²) >= 11 is 0. The first-order chi connectivity index (χ1) is 0. The van der Waals surface area contributed by atoms with Crippen LogP contribution in [0.2, 0.25) is 0 Å². The Bertz CT molecular complexity index is 7.61. The molecule has 0 aromatic heterocycles. The molecule has 0 bridgehead atoms. The zero-order chi connectivity index (χ0) is 0. The number of hydrogen-bond acceptors (Lipinski definition) is 0. The van der Waals surface area contributed by atoms with Gasteiger partial charge in [0.15, 0.2) is 0 Å². The van der Waals surface area contributed by atoms with Crippen LogP contribution in [-0.2, 0) is 0 Å². The molecule has 24 valence electrons. The minimum atomic E-state index is 0. The summed E-state index contributed by atoms with van der Waals surface area (Å²) < 4.78 is 0. The second-order valence-corrected chi connectivity index (χ2v) is 0. The van der Waals surface area contributed by atoms with E-state index in [9.17, 15) is 0 Å². The first kappa shape index (κ1) is 50.8. The van der Waals surface area contributed by atoms with E-state index in [1.807, 2.05) is 0 Å². The molecule has 4 heteroatoms. The Kier molecular flexibility index (Phi) is 321. The Balaban J connectivity index is 0. The molecule has 0 aliphatic heterocycles. The molecule has 0 nitrogen and oxygen atoms in total. The fourth-order valence-electron chi connectivity index (χ4n) is 0. The minimum absolute atomic E-state index is 0. The number of halogens is 2. The first-order valence-electron chi connectivity index (χ1n) is 0. The summed E-state index contributed by atoms with van der Waals surface area (Å²) in [6.07, 6.45) is 0. The van der Waals surface area contributed by atoms with Crippen molar-refractivity contribution in [2.45, 2.75) is 0 Å². The second-order valence-electron chi connectivity index (χ2n) is 0. The topological polar surface area (TPSA) is 0 Å². The quantitative estimate of drug-likeness (QED) is 0.283. The summed E-state index contributed by atoms with van der Waals surface area (Å²) in [5, 5.41) is 0.